The molecular weight excluding hydrogens is 328 g/mol. The summed E-state index contributed by atoms with van der Waals surface area (Å²) >= 11 is 0. The SMILES string of the molecule is CCOc1cc(/C=C(\C#N)C(=O)Nc2ccc(C)c(C)c2)ccc1OC. The molecule has 1 N–H and O–H groups in total. The van der Waals surface area contributed by atoms with Crippen LogP contribution in [0, 0.1) is 25.2 Å². The van der Waals surface area contributed by atoms with Crippen molar-refractivity contribution in [3.63, 3.8) is 0 Å². The third kappa shape index (κ3) is 4.64. The van der Waals surface area contributed by atoms with Gasteiger partial charge >= 0.3 is 0 Å². The molecule has 0 atom stereocenters. The van der Waals surface area contributed by atoms with Gasteiger partial charge in [-0.25, -0.2) is 0 Å². The fraction of sp³-hybridized carbons (Fsp3) is 0.238. The monoisotopic (exact) mass is 350 g/mol. The van der Waals surface area contributed by atoms with Crippen LogP contribution in [-0.4, -0.2) is 19.6 Å². The number of nitriles is 1. The van der Waals surface area contributed by atoms with Gasteiger partial charge < -0.3 is 14.8 Å². The fourth-order valence-corrected chi connectivity index (χ4v) is 2.38. The average Bonchev–Trinajstić information content (AvgIpc) is 2.63. The minimum Gasteiger partial charge on any atom is -0.493 e. The van der Waals surface area contributed by atoms with Crippen LogP contribution in [0.3, 0.4) is 0 Å². The molecule has 134 valence electrons. The van der Waals surface area contributed by atoms with Crippen molar-refractivity contribution >= 4 is 17.7 Å². The van der Waals surface area contributed by atoms with E-state index in [0.717, 1.165) is 11.1 Å². The molecule has 0 aliphatic carbocycles. The maximum atomic E-state index is 12.4. The molecule has 0 heterocycles. The van der Waals surface area contributed by atoms with Gasteiger partial charge in [0.1, 0.15) is 11.6 Å². The number of benzene rings is 2. The maximum Gasteiger partial charge on any atom is 0.266 e. The Balaban J connectivity index is 2.26. The van der Waals surface area contributed by atoms with Crippen molar-refractivity contribution in [3.05, 3.63) is 58.7 Å². The molecule has 2 rings (SSSR count). The van der Waals surface area contributed by atoms with E-state index in [0.29, 0.717) is 29.4 Å². The maximum absolute atomic E-state index is 12.4. The number of carbonyl (C=O) groups excluding carboxylic acids is 1. The molecule has 0 unspecified atom stereocenters. The molecule has 0 aromatic heterocycles. The number of hydrogen-bond donors (Lipinski definition) is 1. The molecule has 0 aliphatic heterocycles. The first-order valence-corrected chi connectivity index (χ1v) is 8.29. The Morgan fingerprint density at radius 1 is 1.15 bits per heavy atom. The standard InChI is InChI=1S/C21H22N2O3/c1-5-26-20-12-16(7-9-19(20)25-4)11-17(13-22)21(24)23-18-8-6-14(2)15(3)10-18/h6-12H,5H2,1-4H3,(H,23,24)/b17-11+. The van der Waals surface area contributed by atoms with Gasteiger partial charge in [0.2, 0.25) is 0 Å². The summed E-state index contributed by atoms with van der Waals surface area (Å²) in [5, 5.41) is 12.1. The molecule has 0 saturated carbocycles. The van der Waals surface area contributed by atoms with Gasteiger partial charge in [0.15, 0.2) is 11.5 Å². The van der Waals surface area contributed by atoms with Crippen LogP contribution in [0.2, 0.25) is 0 Å². The topological polar surface area (TPSA) is 71.3 Å². The lowest BCUT2D eigenvalue weighted by atomic mass is 10.1. The van der Waals surface area contributed by atoms with E-state index >= 15 is 0 Å². The predicted molar refractivity (Wildman–Crippen MR) is 102 cm³/mol. The second kappa shape index (κ2) is 8.72. The third-order valence-electron chi connectivity index (χ3n) is 3.93. The average molecular weight is 350 g/mol. The zero-order valence-corrected chi connectivity index (χ0v) is 15.4. The van der Waals surface area contributed by atoms with Gasteiger partial charge in [-0.3, -0.25) is 4.79 Å². The molecule has 0 bridgehead atoms. The van der Waals surface area contributed by atoms with Crippen LogP contribution in [-0.2, 0) is 4.79 Å². The van der Waals surface area contributed by atoms with E-state index in [1.807, 2.05) is 45.0 Å². The van der Waals surface area contributed by atoms with Gasteiger partial charge in [-0.15, -0.1) is 0 Å². The number of amides is 1. The van der Waals surface area contributed by atoms with Crippen LogP contribution in [0.15, 0.2) is 42.0 Å². The second-order valence-electron chi connectivity index (χ2n) is 5.77. The van der Waals surface area contributed by atoms with Crippen LogP contribution >= 0.6 is 0 Å². The number of hydrogen-bond acceptors (Lipinski definition) is 4. The Labute approximate surface area is 153 Å². The third-order valence-corrected chi connectivity index (χ3v) is 3.93. The molecule has 0 saturated heterocycles. The summed E-state index contributed by atoms with van der Waals surface area (Å²) in [6.07, 6.45) is 1.53. The number of anilines is 1. The molecule has 5 nitrogen and oxygen atoms in total. The molecule has 5 heteroatoms. The zero-order valence-electron chi connectivity index (χ0n) is 15.4. The number of carbonyl (C=O) groups is 1. The minimum atomic E-state index is -0.454. The zero-order chi connectivity index (χ0) is 19.1. The van der Waals surface area contributed by atoms with E-state index in [9.17, 15) is 10.1 Å². The molecule has 2 aromatic carbocycles. The first-order chi connectivity index (χ1) is 12.5. The van der Waals surface area contributed by atoms with Crippen molar-refractivity contribution in [1.29, 1.82) is 5.26 Å². The van der Waals surface area contributed by atoms with Gasteiger partial charge in [-0.1, -0.05) is 12.1 Å². The highest BCUT2D eigenvalue weighted by molar-refractivity contribution is 6.09. The summed E-state index contributed by atoms with van der Waals surface area (Å²) in [5.41, 5.74) is 3.56. The van der Waals surface area contributed by atoms with Gasteiger partial charge in [0.25, 0.3) is 5.91 Å². The lowest BCUT2D eigenvalue weighted by molar-refractivity contribution is -0.112. The first kappa shape index (κ1) is 19.1. The van der Waals surface area contributed by atoms with Crippen molar-refractivity contribution in [1.82, 2.24) is 0 Å². The number of rotatable bonds is 6. The van der Waals surface area contributed by atoms with Gasteiger partial charge in [-0.2, -0.15) is 5.26 Å². The molecule has 26 heavy (non-hydrogen) atoms. The Bertz CT molecular complexity index is 879. The van der Waals surface area contributed by atoms with Gasteiger partial charge in [0, 0.05) is 5.69 Å². The second-order valence-corrected chi connectivity index (χ2v) is 5.77. The summed E-state index contributed by atoms with van der Waals surface area (Å²) in [7, 11) is 1.56. The molecule has 0 fully saturated rings. The Kier molecular flexibility index (Phi) is 6.40. The lowest BCUT2D eigenvalue weighted by Crippen LogP contribution is -2.13. The minimum absolute atomic E-state index is 0.0100. The fourth-order valence-electron chi connectivity index (χ4n) is 2.38. The van der Waals surface area contributed by atoms with Crippen LogP contribution in [0.25, 0.3) is 6.08 Å². The van der Waals surface area contributed by atoms with E-state index in [-0.39, 0.29) is 5.57 Å². The quantitative estimate of drug-likeness (QED) is 0.624. The molecule has 2 aromatic rings. The normalized spacial score (nSPS) is 10.8. The van der Waals surface area contributed by atoms with Crippen LogP contribution < -0.4 is 14.8 Å². The molecule has 0 spiro atoms. The summed E-state index contributed by atoms with van der Waals surface area (Å²) in [6.45, 7) is 6.33. The molecule has 1 amide bonds. The summed E-state index contributed by atoms with van der Waals surface area (Å²) in [5.74, 6) is 0.710. The van der Waals surface area contributed by atoms with Crippen molar-refractivity contribution < 1.29 is 14.3 Å². The van der Waals surface area contributed by atoms with E-state index in [2.05, 4.69) is 5.32 Å². The Morgan fingerprint density at radius 3 is 2.54 bits per heavy atom. The summed E-state index contributed by atoms with van der Waals surface area (Å²) in [4.78, 5) is 12.4. The number of nitrogens with one attached hydrogen (secondary N) is 1. The highest BCUT2D eigenvalue weighted by Gasteiger charge is 2.11. The number of ether oxygens (including phenoxy) is 2. The number of methoxy groups -OCH3 is 1. The van der Waals surface area contributed by atoms with Gasteiger partial charge in [-0.05, 0) is 67.8 Å². The Morgan fingerprint density at radius 2 is 1.92 bits per heavy atom. The lowest BCUT2D eigenvalue weighted by Gasteiger charge is -2.10. The van der Waals surface area contributed by atoms with Crippen molar-refractivity contribution in [2.75, 3.05) is 19.0 Å². The first-order valence-electron chi connectivity index (χ1n) is 8.29. The van der Waals surface area contributed by atoms with E-state index in [4.69, 9.17) is 9.47 Å². The highest BCUT2D eigenvalue weighted by Crippen LogP contribution is 2.29. The van der Waals surface area contributed by atoms with Crippen LogP contribution in [0.4, 0.5) is 5.69 Å². The Hall–Kier alpha value is -3.26. The van der Waals surface area contributed by atoms with Crippen molar-refractivity contribution in [3.8, 4) is 17.6 Å². The van der Waals surface area contributed by atoms with Crippen molar-refractivity contribution in [2.45, 2.75) is 20.8 Å². The molecular formula is C21H22N2O3. The smallest absolute Gasteiger partial charge is 0.266 e. The summed E-state index contributed by atoms with van der Waals surface area (Å²) in [6, 6.07) is 12.8. The van der Waals surface area contributed by atoms with Crippen LogP contribution in [0.1, 0.15) is 23.6 Å². The van der Waals surface area contributed by atoms with E-state index < -0.39 is 5.91 Å². The number of aryl methyl sites for hydroxylation is 2. The number of nitrogens with zero attached hydrogens (tertiary/aromatic N) is 1. The molecule has 0 radical (unpaired) electrons. The highest BCUT2D eigenvalue weighted by atomic mass is 16.5. The summed E-state index contributed by atoms with van der Waals surface area (Å²) < 4.78 is 10.8. The van der Waals surface area contributed by atoms with E-state index in [1.165, 1.54) is 6.08 Å². The van der Waals surface area contributed by atoms with Crippen LogP contribution in [0.5, 0.6) is 11.5 Å². The van der Waals surface area contributed by atoms with Crippen molar-refractivity contribution in [2.24, 2.45) is 0 Å². The predicted octanol–water partition coefficient (Wildman–Crippen LogP) is 4.26. The van der Waals surface area contributed by atoms with Gasteiger partial charge in [0.05, 0.1) is 13.7 Å². The largest absolute Gasteiger partial charge is 0.493 e. The molecule has 0 aliphatic rings. The van der Waals surface area contributed by atoms with E-state index in [1.54, 1.807) is 25.3 Å².